The second kappa shape index (κ2) is 14.6. The van der Waals surface area contributed by atoms with Gasteiger partial charge in [0.05, 0.1) is 22.3 Å². The maximum absolute atomic E-state index is 13.2. The monoisotopic (exact) mass is 611 g/mol. The number of hydrogen-bond acceptors (Lipinski definition) is 7. The van der Waals surface area contributed by atoms with Crippen molar-refractivity contribution in [3.05, 3.63) is 83.8 Å². The summed E-state index contributed by atoms with van der Waals surface area (Å²) in [6.45, 7) is 3.36. The summed E-state index contributed by atoms with van der Waals surface area (Å²) >= 11 is 0. The van der Waals surface area contributed by atoms with Gasteiger partial charge in [0.15, 0.2) is 0 Å². The molecule has 2 heterocycles. The van der Waals surface area contributed by atoms with Crippen LogP contribution in [0.1, 0.15) is 22.3 Å². The van der Waals surface area contributed by atoms with Crippen molar-refractivity contribution in [2.45, 2.75) is 23.9 Å². The SMILES string of the molecule is O=C(NCCCc1ccccc1)c1cc(NS(=O)(=O)c2ccc(F)cc2)cnc1N1CCNCC1.O=C(O)C(F)(F)F. The number of hydrogen-bond donors (Lipinski definition) is 4. The van der Waals surface area contributed by atoms with Crippen LogP contribution >= 0.6 is 0 Å². The number of carboxylic acids is 1. The number of nitrogens with zero attached hydrogens (tertiary/aromatic N) is 2. The molecule has 0 bridgehead atoms. The highest BCUT2D eigenvalue weighted by Crippen LogP contribution is 2.24. The third-order valence-corrected chi connectivity index (χ3v) is 7.31. The van der Waals surface area contributed by atoms with E-state index in [2.05, 4.69) is 20.3 Å². The van der Waals surface area contributed by atoms with Gasteiger partial charge in [0, 0.05) is 32.7 Å². The second-order valence-corrected chi connectivity index (χ2v) is 10.7. The summed E-state index contributed by atoms with van der Waals surface area (Å²) in [4.78, 5) is 28.4. The maximum Gasteiger partial charge on any atom is 0.490 e. The summed E-state index contributed by atoms with van der Waals surface area (Å²) < 4.78 is 72.9. The highest BCUT2D eigenvalue weighted by Gasteiger charge is 2.38. The molecule has 0 aliphatic carbocycles. The lowest BCUT2D eigenvalue weighted by atomic mass is 10.1. The first-order valence-electron chi connectivity index (χ1n) is 12.7. The number of benzene rings is 2. The zero-order valence-electron chi connectivity index (χ0n) is 22.2. The van der Waals surface area contributed by atoms with Gasteiger partial charge in [0.2, 0.25) is 0 Å². The Bertz CT molecular complexity index is 1450. The molecule has 1 aromatic heterocycles. The van der Waals surface area contributed by atoms with E-state index in [0.717, 1.165) is 38.1 Å². The largest absolute Gasteiger partial charge is 0.490 e. The Labute approximate surface area is 239 Å². The Hall–Kier alpha value is -4.24. The molecule has 1 aliphatic heterocycles. The molecule has 4 N–H and O–H groups in total. The number of aryl methyl sites for hydroxylation is 1. The van der Waals surface area contributed by atoms with Gasteiger partial charge < -0.3 is 20.6 Å². The Morgan fingerprint density at radius 1 is 1.02 bits per heavy atom. The molecule has 0 saturated carbocycles. The standard InChI is InChI=1S/C25H28FN5O3S.C2HF3O2/c26-20-8-10-22(11-9-20)35(33,34)30-21-17-23(24(29-18-21)31-15-13-27-14-16-31)25(32)28-12-4-7-19-5-2-1-3-6-19;3-2(4,5)1(6)7/h1-3,5-6,8-11,17-18,27,30H,4,7,12-16H2,(H,28,32);(H,6,7). The van der Waals surface area contributed by atoms with E-state index in [-0.39, 0.29) is 16.5 Å². The number of carboxylic acid groups (broad SMARTS) is 1. The zero-order chi connectivity index (χ0) is 30.8. The number of sulfonamides is 1. The number of halogens is 4. The van der Waals surface area contributed by atoms with Crippen LogP contribution in [0, 0.1) is 5.82 Å². The highest BCUT2D eigenvalue weighted by molar-refractivity contribution is 7.92. The zero-order valence-corrected chi connectivity index (χ0v) is 23.0. The molecule has 0 spiro atoms. The molecule has 1 fully saturated rings. The number of rotatable bonds is 9. The van der Waals surface area contributed by atoms with Crippen LogP contribution in [0.5, 0.6) is 0 Å². The van der Waals surface area contributed by atoms with E-state index in [1.165, 1.54) is 30.0 Å². The Balaban J connectivity index is 0.000000616. The molecule has 226 valence electrons. The average Bonchev–Trinajstić information content (AvgIpc) is 2.96. The van der Waals surface area contributed by atoms with Crippen LogP contribution < -0.4 is 20.3 Å². The van der Waals surface area contributed by atoms with Crippen LogP contribution in [0.15, 0.2) is 71.8 Å². The lowest BCUT2D eigenvalue weighted by molar-refractivity contribution is -0.192. The molecular weight excluding hydrogens is 582 g/mol. The maximum atomic E-state index is 13.2. The van der Waals surface area contributed by atoms with Gasteiger partial charge in [-0.25, -0.2) is 22.6 Å². The minimum absolute atomic E-state index is 0.0861. The minimum Gasteiger partial charge on any atom is -0.475 e. The van der Waals surface area contributed by atoms with Gasteiger partial charge in [-0.2, -0.15) is 13.2 Å². The summed E-state index contributed by atoms with van der Waals surface area (Å²) in [6, 6.07) is 16.0. The normalized spacial score (nSPS) is 13.5. The van der Waals surface area contributed by atoms with Crippen LogP contribution in [0.25, 0.3) is 0 Å². The van der Waals surface area contributed by atoms with Gasteiger partial charge in [-0.1, -0.05) is 30.3 Å². The third-order valence-electron chi connectivity index (χ3n) is 5.92. The summed E-state index contributed by atoms with van der Waals surface area (Å²) in [5, 5.41) is 13.3. The van der Waals surface area contributed by atoms with Crippen molar-refractivity contribution in [1.29, 1.82) is 0 Å². The summed E-state index contributed by atoms with van der Waals surface area (Å²) in [5.41, 5.74) is 1.65. The molecule has 0 unspecified atom stereocenters. The number of nitrogens with one attached hydrogen (secondary N) is 3. The first kappa shape index (κ1) is 32.3. The van der Waals surface area contributed by atoms with E-state index in [0.29, 0.717) is 31.0 Å². The van der Waals surface area contributed by atoms with Crippen LogP contribution in [0.2, 0.25) is 0 Å². The van der Waals surface area contributed by atoms with Gasteiger partial charge in [-0.3, -0.25) is 9.52 Å². The molecule has 4 rings (SSSR count). The number of carbonyl (C=O) groups is 2. The molecule has 3 aromatic rings. The quantitative estimate of drug-likeness (QED) is 0.213. The van der Waals surface area contributed by atoms with Gasteiger partial charge >= 0.3 is 12.1 Å². The molecule has 1 amide bonds. The van der Waals surface area contributed by atoms with Gasteiger partial charge in [-0.15, -0.1) is 0 Å². The number of aliphatic carboxylic acids is 1. The molecule has 10 nitrogen and oxygen atoms in total. The first-order valence-corrected chi connectivity index (χ1v) is 14.2. The number of piperazine rings is 1. The Morgan fingerprint density at radius 2 is 1.64 bits per heavy atom. The third kappa shape index (κ3) is 9.69. The smallest absolute Gasteiger partial charge is 0.475 e. The lowest BCUT2D eigenvalue weighted by Crippen LogP contribution is -2.44. The Kier molecular flexibility index (Phi) is 11.2. The molecule has 15 heteroatoms. The summed E-state index contributed by atoms with van der Waals surface area (Å²) in [5.74, 6) is -3.09. The summed E-state index contributed by atoms with van der Waals surface area (Å²) in [7, 11) is -3.97. The van der Waals surface area contributed by atoms with Gasteiger partial charge in [0.25, 0.3) is 15.9 Å². The highest BCUT2D eigenvalue weighted by atomic mass is 32.2. The van der Waals surface area contributed by atoms with Crippen molar-refractivity contribution in [2.75, 3.05) is 42.3 Å². The number of anilines is 2. The van der Waals surface area contributed by atoms with Crippen LogP contribution in [0.4, 0.5) is 29.1 Å². The van der Waals surface area contributed by atoms with Gasteiger partial charge in [-0.05, 0) is 48.7 Å². The van der Waals surface area contributed by atoms with E-state index in [1.807, 2.05) is 35.2 Å². The fraction of sp³-hybridized carbons (Fsp3) is 0.296. The predicted molar refractivity (Wildman–Crippen MR) is 147 cm³/mol. The molecule has 42 heavy (non-hydrogen) atoms. The molecular formula is C27H29F4N5O5S. The van der Waals surface area contributed by atoms with Crippen molar-refractivity contribution in [3.8, 4) is 0 Å². The van der Waals surface area contributed by atoms with E-state index >= 15 is 0 Å². The van der Waals surface area contributed by atoms with Crippen molar-refractivity contribution >= 4 is 33.4 Å². The lowest BCUT2D eigenvalue weighted by Gasteiger charge is -2.30. The fourth-order valence-electron chi connectivity index (χ4n) is 3.87. The second-order valence-electron chi connectivity index (χ2n) is 9.04. The number of aromatic nitrogens is 1. The first-order chi connectivity index (χ1) is 19.9. The van der Waals surface area contributed by atoms with Crippen LogP contribution in [-0.2, 0) is 21.2 Å². The van der Waals surface area contributed by atoms with Crippen LogP contribution in [0.3, 0.4) is 0 Å². The number of alkyl halides is 3. The van der Waals surface area contributed by atoms with Crippen molar-refractivity contribution in [1.82, 2.24) is 15.6 Å². The van der Waals surface area contributed by atoms with E-state index < -0.39 is 28.0 Å². The molecule has 1 saturated heterocycles. The molecule has 1 aliphatic rings. The average molecular weight is 612 g/mol. The molecule has 0 atom stereocenters. The fourth-order valence-corrected chi connectivity index (χ4v) is 4.91. The number of pyridine rings is 1. The van der Waals surface area contributed by atoms with Gasteiger partial charge in [0.1, 0.15) is 11.6 Å². The van der Waals surface area contributed by atoms with E-state index in [9.17, 15) is 30.8 Å². The molecule has 0 radical (unpaired) electrons. The molecule has 2 aromatic carbocycles. The predicted octanol–water partition coefficient (Wildman–Crippen LogP) is 3.43. The summed E-state index contributed by atoms with van der Waals surface area (Å²) in [6.07, 6.45) is -2.09. The van der Waals surface area contributed by atoms with Crippen molar-refractivity contribution in [2.24, 2.45) is 0 Å². The van der Waals surface area contributed by atoms with Crippen molar-refractivity contribution in [3.63, 3.8) is 0 Å². The minimum atomic E-state index is -5.08. The number of amides is 1. The van der Waals surface area contributed by atoms with Crippen LogP contribution in [-0.4, -0.2) is 69.3 Å². The Morgan fingerprint density at radius 3 is 2.24 bits per heavy atom. The van der Waals surface area contributed by atoms with E-state index in [1.54, 1.807) is 0 Å². The van der Waals surface area contributed by atoms with E-state index in [4.69, 9.17) is 9.90 Å². The van der Waals surface area contributed by atoms with Crippen molar-refractivity contribution < 1.29 is 40.7 Å². The topological polar surface area (TPSA) is 141 Å². The number of carbonyl (C=O) groups excluding carboxylic acids is 1.